The zero-order valence-electron chi connectivity index (χ0n) is 9.35. The van der Waals surface area contributed by atoms with Crippen LogP contribution in [0, 0.1) is 23.0 Å². The van der Waals surface area contributed by atoms with E-state index in [1.54, 1.807) is 20.8 Å². The number of Topliss-reactive ketones (excluding diaryl/α,β-unsaturated/α-hetero) is 1. The van der Waals surface area contributed by atoms with E-state index < -0.39 is 16.4 Å². The molecule has 1 aromatic rings. The molecule has 16 heavy (non-hydrogen) atoms. The van der Waals surface area contributed by atoms with Crippen LogP contribution in [0.25, 0.3) is 0 Å². The summed E-state index contributed by atoms with van der Waals surface area (Å²) in [7, 11) is 0. The third-order valence-electron chi connectivity index (χ3n) is 2.22. The number of phenols is 1. The first-order chi connectivity index (χ1) is 7.34. The smallest absolute Gasteiger partial charge is 0.311 e. The lowest BCUT2D eigenvalue weighted by Gasteiger charge is -2.07. The predicted molar refractivity (Wildman–Crippen MR) is 58.7 cm³/mol. The van der Waals surface area contributed by atoms with Crippen LogP contribution in [0.15, 0.2) is 12.1 Å². The van der Waals surface area contributed by atoms with Crippen molar-refractivity contribution >= 4 is 11.5 Å². The molecule has 0 amide bonds. The highest BCUT2D eigenvalue weighted by Crippen LogP contribution is 2.32. The lowest BCUT2D eigenvalue weighted by molar-refractivity contribution is -0.385. The number of aryl methyl sites for hydroxylation is 1. The SMILES string of the molecule is Cc1cc(C(=O)C(C)C)c(O)c([N+](=O)[O-])c1. The van der Waals surface area contributed by atoms with Gasteiger partial charge in [0.2, 0.25) is 5.75 Å². The van der Waals surface area contributed by atoms with Crippen molar-refractivity contribution < 1.29 is 14.8 Å². The highest BCUT2D eigenvalue weighted by Gasteiger charge is 2.23. The Bertz CT molecular complexity index is 452. The molecule has 0 radical (unpaired) electrons. The fourth-order valence-corrected chi connectivity index (χ4v) is 1.40. The number of carbonyl (C=O) groups is 1. The number of nitrogens with zero attached hydrogens (tertiary/aromatic N) is 1. The van der Waals surface area contributed by atoms with Crippen molar-refractivity contribution in [2.24, 2.45) is 5.92 Å². The highest BCUT2D eigenvalue weighted by molar-refractivity contribution is 6.01. The second-order valence-corrected chi connectivity index (χ2v) is 3.96. The van der Waals surface area contributed by atoms with E-state index >= 15 is 0 Å². The summed E-state index contributed by atoms with van der Waals surface area (Å²) in [5, 5.41) is 20.3. The van der Waals surface area contributed by atoms with Gasteiger partial charge in [-0.3, -0.25) is 14.9 Å². The van der Waals surface area contributed by atoms with Crippen LogP contribution < -0.4 is 0 Å². The van der Waals surface area contributed by atoms with E-state index in [2.05, 4.69) is 0 Å². The fourth-order valence-electron chi connectivity index (χ4n) is 1.40. The van der Waals surface area contributed by atoms with Gasteiger partial charge in [-0.05, 0) is 18.6 Å². The van der Waals surface area contributed by atoms with Gasteiger partial charge < -0.3 is 5.11 Å². The molecule has 0 unspecified atom stereocenters. The van der Waals surface area contributed by atoms with Crippen LogP contribution in [-0.4, -0.2) is 15.8 Å². The maximum Gasteiger partial charge on any atom is 0.311 e. The zero-order chi connectivity index (χ0) is 12.5. The van der Waals surface area contributed by atoms with E-state index in [4.69, 9.17) is 0 Å². The molecular formula is C11H13NO4. The molecule has 0 spiro atoms. The number of rotatable bonds is 3. The minimum absolute atomic E-state index is 0.0155. The number of hydrogen-bond acceptors (Lipinski definition) is 4. The average Bonchev–Trinajstić information content (AvgIpc) is 2.19. The molecule has 0 aliphatic rings. The van der Waals surface area contributed by atoms with Crippen molar-refractivity contribution in [2.45, 2.75) is 20.8 Å². The van der Waals surface area contributed by atoms with E-state index in [1.807, 2.05) is 0 Å². The molecular weight excluding hydrogens is 210 g/mol. The Morgan fingerprint density at radius 3 is 2.44 bits per heavy atom. The molecule has 1 rings (SSSR count). The Balaban J connectivity index is 3.41. The Hall–Kier alpha value is -1.91. The molecule has 0 bridgehead atoms. The number of carbonyl (C=O) groups excluding carboxylic acids is 1. The number of benzene rings is 1. The molecule has 5 heteroatoms. The molecule has 1 aromatic carbocycles. The summed E-state index contributed by atoms with van der Waals surface area (Å²) in [4.78, 5) is 21.7. The third-order valence-corrected chi connectivity index (χ3v) is 2.22. The van der Waals surface area contributed by atoms with E-state index in [0.29, 0.717) is 5.56 Å². The highest BCUT2D eigenvalue weighted by atomic mass is 16.6. The summed E-state index contributed by atoms with van der Waals surface area (Å²) in [5.41, 5.74) is 0.166. The van der Waals surface area contributed by atoms with Gasteiger partial charge >= 0.3 is 5.69 Å². The first-order valence-corrected chi connectivity index (χ1v) is 4.86. The normalized spacial score (nSPS) is 10.5. The minimum Gasteiger partial charge on any atom is -0.502 e. The quantitative estimate of drug-likeness (QED) is 0.484. The third kappa shape index (κ3) is 2.18. The number of aromatic hydroxyl groups is 1. The van der Waals surface area contributed by atoms with Gasteiger partial charge in [0.15, 0.2) is 5.78 Å². The average molecular weight is 223 g/mol. The minimum atomic E-state index is -0.695. The number of hydrogen-bond donors (Lipinski definition) is 1. The lowest BCUT2D eigenvalue weighted by atomic mass is 9.98. The molecule has 86 valence electrons. The molecule has 0 aliphatic heterocycles. The standard InChI is InChI=1S/C11H13NO4/c1-6(2)10(13)8-4-7(3)5-9(11(8)14)12(15)16/h4-6,14H,1-3H3. The molecule has 0 aromatic heterocycles. The van der Waals surface area contributed by atoms with Gasteiger partial charge in [-0.15, -0.1) is 0 Å². The van der Waals surface area contributed by atoms with Gasteiger partial charge in [-0.2, -0.15) is 0 Å². The zero-order valence-corrected chi connectivity index (χ0v) is 9.35. The van der Waals surface area contributed by atoms with Gasteiger partial charge in [0.1, 0.15) is 0 Å². The van der Waals surface area contributed by atoms with Crippen molar-refractivity contribution in [3.63, 3.8) is 0 Å². The molecule has 0 fully saturated rings. The molecule has 0 saturated heterocycles. The van der Waals surface area contributed by atoms with Crippen molar-refractivity contribution in [3.8, 4) is 5.75 Å². The van der Waals surface area contributed by atoms with E-state index in [-0.39, 0.29) is 17.3 Å². The van der Waals surface area contributed by atoms with Crippen LogP contribution in [0.4, 0.5) is 5.69 Å². The largest absolute Gasteiger partial charge is 0.502 e. The Kier molecular flexibility index (Phi) is 3.27. The Morgan fingerprint density at radius 1 is 1.44 bits per heavy atom. The summed E-state index contributed by atoms with van der Waals surface area (Å²) >= 11 is 0. The lowest BCUT2D eigenvalue weighted by Crippen LogP contribution is -2.09. The molecule has 0 atom stereocenters. The van der Waals surface area contributed by atoms with Gasteiger partial charge in [0.05, 0.1) is 10.5 Å². The van der Waals surface area contributed by atoms with Crippen molar-refractivity contribution in [1.82, 2.24) is 0 Å². The van der Waals surface area contributed by atoms with Crippen molar-refractivity contribution in [1.29, 1.82) is 0 Å². The Labute approximate surface area is 92.9 Å². The van der Waals surface area contributed by atoms with Crippen molar-refractivity contribution in [2.75, 3.05) is 0 Å². The molecule has 0 aliphatic carbocycles. The first-order valence-electron chi connectivity index (χ1n) is 4.86. The number of ketones is 1. The molecule has 0 heterocycles. The van der Waals surface area contributed by atoms with E-state index in [9.17, 15) is 20.0 Å². The van der Waals surface area contributed by atoms with Gasteiger partial charge in [-0.25, -0.2) is 0 Å². The second kappa shape index (κ2) is 4.30. The van der Waals surface area contributed by atoms with Crippen molar-refractivity contribution in [3.05, 3.63) is 33.4 Å². The predicted octanol–water partition coefficient (Wildman–Crippen LogP) is 2.45. The Morgan fingerprint density at radius 2 is 2.00 bits per heavy atom. The molecule has 0 saturated carbocycles. The molecule has 1 N–H and O–H groups in total. The second-order valence-electron chi connectivity index (χ2n) is 3.96. The van der Waals surface area contributed by atoms with Crippen LogP contribution in [-0.2, 0) is 0 Å². The fraction of sp³-hybridized carbons (Fsp3) is 0.364. The first kappa shape index (κ1) is 12.2. The van der Waals surface area contributed by atoms with Crippen LogP contribution >= 0.6 is 0 Å². The summed E-state index contributed by atoms with van der Waals surface area (Å²) in [6, 6.07) is 2.71. The number of phenolic OH excluding ortho intramolecular Hbond substituents is 1. The topological polar surface area (TPSA) is 80.4 Å². The van der Waals surface area contributed by atoms with E-state index in [0.717, 1.165) is 0 Å². The van der Waals surface area contributed by atoms with Crippen LogP contribution in [0.5, 0.6) is 5.75 Å². The van der Waals surface area contributed by atoms with Crippen LogP contribution in [0.3, 0.4) is 0 Å². The number of nitro groups is 1. The number of nitro benzene ring substituents is 1. The van der Waals surface area contributed by atoms with Gasteiger partial charge in [0, 0.05) is 12.0 Å². The maximum absolute atomic E-state index is 11.7. The van der Waals surface area contributed by atoms with Crippen LogP contribution in [0.2, 0.25) is 0 Å². The van der Waals surface area contributed by atoms with Gasteiger partial charge in [-0.1, -0.05) is 13.8 Å². The maximum atomic E-state index is 11.7. The van der Waals surface area contributed by atoms with Gasteiger partial charge in [0.25, 0.3) is 0 Å². The molecule has 5 nitrogen and oxygen atoms in total. The summed E-state index contributed by atoms with van der Waals surface area (Å²) in [5.74, 6) is -1.16. The summed E-state index contributed by atoms with van der Waals surface area (Å²) in [6.07, 6.45) is 0. The monoisotopic (exact) mass is 223 g/mol. The summed E-state index contributed by atoms with van der Waals surface area (Å²) in [6.45, 7) is 5.00. The van der Waals surface area contributed by atoms with E-state index in [1.165, 1.54) is 12.1 Å². The van der Waals surface area contributed by atoms with Crippen LogP contribution in [0.1, 0.15) is 29.8 Å². The summed E-state index contributed by atoms with van der Waals surface area (Å²) < 4.78 is 0.